The molecule has 1 amide bonds. The van der Waals surface area contributed by atoms with Crippen LogP contribution in [0.15, 0.2) is 54.0 Å². The van der Waals surface area contributed by atoms with Gasteiger partial charge in [0.2, 0.25) is 5.91 Å². The number of aromatic nitrogens is 5. The van der Waals surface area contributed by atoms with Gasteiger partial charge in [0.15, 0.2) is 5.96 Å². The van der Waals surface area contributed by atoms with Crippen molar-refractivity contribution in [1.82, 2.24) is 35.2 Å². The maximum Gasteiger partial charge on any atom is 0.246 e. The summed E-state index contributed by atoms with van der Waals surface area (Å²) in [6.45, 7) is 7.00. The first-order valence-electron chi connectivity index (χ1n) is 10.4. The first kappa shape index (κ1) is 25.3. The third-order valence-corrected chi connectivity index (χ3v) is 4.50. The number of benzene rings is 1. The second kappa shape index (κ2) is 13.5. The molecule has 0 aliphatic rings. The molecule has 0 fully saturated rings. The lowest BCUT2D eigenvalue weighted by Crippen LogP contribution is -2.38. The Hall–Kier alpha value is -2.96. The Kier molecular flexibility index (Phi) is 10.6. The predicted molar refractivity (Wildman–Crippen MR) is 135 cm³/mol. The third-order valence-electron chi connectivity index (χ3n) is 4.50. The summed E-state index contributed by atoms with van der Waals surface area (Å²) in [6, 6.07) is 9.48. The molecular weight excluding hydrogens is 521 g/mol. The minimum absolute atomic E-state index is 0. The van der Waals surface area contributed by atoms with E-state index in [2.05, 4.69) is 43.2 Å². The lowest BCUT2D eigenvalue weighted by molar-refractivity contribution is -0.116. The molecule has 0 saturated carbocycles. The summed E-state index contributed by atoms with van der Waals surface area (Å²) in [4.78, 5) is 16.8. The van der Waals surface area contributed by atoms with Crippen LogP contribution in [-0.4, -0.2) is 49.5 Å². The van der Waals surface area contributed by atoms with E-state index < -0.39 is 0 Å². The maximum absolute atomic E-state index is 12.2. The van der Waals surface area contributed by atoms with Gasteiger partial charge < -0.3 is 20.5 Å². The quantitative estimate of drug-likeness (QED) is 0.202. The fourth-order valence-corrected chi connectivity index (χ4v) is 3.04. The number of guanidine groups is 1. The van der Waals surface area contributed by atoms with E-state index in [-0.39, 0.29) is 36.4 Å². The molecule has 0 saturated heterocycles. The number of anilines is 1. The van der Waals surface area contributed by atoms with Crippen molar-refractivity contribution in [2.75, 3.05) is 18.4 Å². The zero-order valence-corrected chi connectivity index (χ0v) is 20.7. The van der Waals surface area contributed by atoms with Gasteiger partial charge in [-0.1, -0.05) is 19.1 Å². The van der Waals surface area contributed by atoms with Crippen LogP contribution >= 0.6 is 24.0 Å². The second-order valence-electron chi connectivity index (χ2n) is 6.87. The monoisotopic (exact) mass is 551 g/mol. The summed E-state index contributed by atoms with van der Waals surface area (Å²) in [6.07, 6.45) is 6.00. The summed E-state index contributed by atoms with van der Waals surface area (Å²) >= 11 is 0. The number of rotatable bonds is 10. The van der Waals surface area contributed by atoms with Crippen LogP contribution in [0.25, 0.3) is 0 Å². The van der Waals surface area contributed by atoms with E-state index in [4.69, 9.17) is 0 Å². The number of nitrogens with one attached hydrogen (secondary N) is 3. The minimum Gasteiger partial charge on any atom is -0.357 e. The van der Waals surface area contributed by atoms with Crippen LogP contribution in [0, 0.1) is 0 Å². The molecule has 2 heterocycles. The lowest BCUT2D eigenvalue weighted by Gasteiger charge is -2.12. The normalized spacial score (nSPS) is 11.0. The van der Waals surface area contributed by atoms with E-state index in [0.29, 0.717) is 13.1 Å². The van der Waals surface area contributed by atoms with Gasteiger partial charge >= 0.3 is 0 Å². The van der Waals surface area contributed by atoms with Gasteiger partial charge in [-0.2, -0.15) is 5.10 Å². The van der Waals surface area contributed by atoms with Crippen molar-refractivity contribution in [2.24, 2.45) is 4.99 Å². The SMILES string of the molecule is CCNC(=NCc1cccc(NC(=O)Cn2cccn2)c1)NCCn1cnnc1CC.I. The highest BCUT2D eigenvalue weighted by Gasteiger charge is 2.05. The molecule has 11 heteroatoms. The summed E-state index contributed by atoms with van der Waals surface area (Å²) in [5.41, 5.74) is 1.74. The van der Waals surface area contributed by atoms with Gasteiger partial charge in [-0.25, -0.2) is 4.99 Å². The van der Waals surface area contributed by atoms with E-state index in [1.807, 2.05) is 35.8 Å². The Bertz CT molecular complexity index is 985. The predicted octanol–water partition coefficient (Wildman–Crippen LogP) is 2.05. The fourth-order valence-electron chi connectivity index (χ4n) is 3.04. The summed E-state index contributed by atoms with van der Waals surface area (Å²) in [5, 5.41) is 21.6. The highest BCUT2D eigenvalue weighted by atomic mass is 127. The third kappa shape index (κ3) is 7.94. The number of aryl methyl sites for hydroxylation is 1. The van der Waals surface area contributed by atoms with Gasteiger partial charge in [-0.15, -0.1) is 34.2 Å². The number of aliphatic imine (C=N–C) groups is 1. The Labute approximate surface area is 204 Å². The standard InChI is InChI=1S/C21H29N9O.HI/c1-3-19-28-25-16-29(19)12-10-23-21(22-4-2)24-14-17-7-5-8-18(13-17)27-20(31)15-30-11-6-9-26-30;/h5-9,11,13,16H,3-4,10,12,14-15H2,1-2H3,(H,27,31)(H2,22,23,24);1H. The molecule has 32 heavy (non-hydrogen) atoms. The molecule has 2 aromatic heterocycles. The van der Waals surface area contributed by atoms with Gasteiger partial charge in [0.05, 0.1) is 6.54 Å². The van der Waals surface area contributed by atoms with Crippen molar-refractivity contribution in [3.8, 4) is 0 Å². The molecule has 10 nitrogen and oxygen atoms in total. The largest absolute Gasteiger partial charge is 0.357 e. The molecule has 0 bridgehead atoms. The van der Waals surface area contributed by atoms with Crippen molar-refractivity contribution < 1.29 is 4.79 Å². The number of carbonyl (C=O) groups excluding carboxylic acids is 1. The minimum atomic E-state index is -0.125. The molecule has 3 N–H and O–H groups in total. The van der Waals surface area contributed by atoms with Crippen LogP contribution in [0.5, 0.6) is 0 Å². The zero-order chi connectivity index (χ0) is 21.9. The van der Waals surface area contributed by atoms with Crippen molar-refractivity contribution >= 4 is 41.5 Å². The lowest BCUT2D eigenvalue weighted by atomic mass is 10.2. The van der Waals surface area contributed by atoms with Crippen LogP contribution in [0.3, 0.4) is 0 Å². The van der Waals surface area contributed by atoms with Crippen LogP contribution in [0.1, 0.15) is 25.2 Å². The van der Waals surface area contributed by atoms with Gasteiger partial charge in [-0.05, 0) is 30.7 Å². The van der Waals surface area contributed by atoms with Crippen LogP contribution in [-0.2, 0) is 30.8 Å². The first-order chi connectivity index (χ1) is 15.2. The Morgan fingerprint density at radius 2 is 2.06 bits per heavy atom. The molecule has 0 aliphatic carbocycles. The molecule has 0 unspecified atom stereocenters. The van der Waals surface area contributed by atoms with E-state index in [1.54, 1.807) is 29.5 Å². The zero-order valence-electron chi connectivity index (χ0n) is 18.4. The van der Waals surface area contributed by atoms with E-state index in [9.17, 15) is 4.79 Å². The number of nitrogens with zero attached hydrogens (tertiary/aromatic N) is 6. The summed E-state index contributed by atoms with van der Waals surface area (Å²) in [5.74, 6) is 1.58. The summed E-state index contributed by atoms with van der Waals surface area (Å²) < 4.78 is 3.62. The number of carbonyl (C=O) groups is 1. The number of halogens is 1. The molecule has 0 spiro atoms. The van der Waals surface area contributed by atoms with Gasteiger partial charge in [0.25, 0.3) is 0 Å². The van der Waals surface area contributed by atoms with Gasteiger partial charge in [0.1, 0.15) is 18.7 Å². The average molecular weight is 551 g/mol. The van der Waals surface area contributed by atoms with Crippen LogP contribution in [0.4, 0.5) is 5.69 Å². The Morgan fingerprint density at radius 3 is 2.81 bits per heavy atom. The van der Waals surface area contributed by atoms with Crippen molar-refractivity contribution in [3.05, 3.63) is 60.4 Å². The maximum atomic E-state index is 12.2. The van der Waals surface area contributed by atoms with E-state index in [0.717, 1.165) is 42.5 Å². The smallest absolute Gasteiger partial charge is 0.246 e. The van der Waals surface area contributed by atoms with Gasteiger partial charge in [-0.3, -0.25) is 9.48 Å². The number of hydrogen-bond donors (Lipinski definition) is 3. The Balaban J connectivity index is 0.00000363. The molecule has 0 radical (unpaired) electrons. The number of amides is 1. The van der Waals surface area contributed by atoms with Crippen molar-refractivity contribution in [2.45, 2.75) is 39.9 Å². The van der Waals surface area contributed by atoms with Gasteiger partial charge in [0, 0.05) is 44.1 Å². The van der Waals surface area contributed by atoms with Crippen molar-refractivity contribution in [1.29, 1.82) is 0 Å². The number of hydrogen-bond acceptors (Lipinski definition) is 5. The van der Waals surface area contributed by atoms with E-state index >= 15 is 0 Å². The summed E-state index contributed by atoms with van der Waals surface area (Å²) in [7, 11) is 0. The molecule has 1 aromatic carbocycles. The molecule has 3 aromatic rings. The molecular formula is C21H30IN9O. The Morgan fingerprint density at radius 1 is 1.19 bits per heavy atom. The highest BCUT2D eigenvalue weighted by Crippen LogP contribution is 2.12. The van der Waals surface area contributed by atoms with E-state index in [1.165, 1.54) is 0 Å². The first-order valence-corrected chi connectivity index (χ1v) is 10.4. The topological polar surface area (TPSA) is 114 Å². The molecule has 0 atom stereocenters. The molecule has 0 aliphatic heterocycles. The van der Waals surface area contributed by atoms with Crippen LogP contribution in [0.2, 0.25) is 0 Å². The average Bonchev–Trinajstić information content (AvgIpc) is 3.44. The molecule has 3 rings (SSSR count). The fraction of sp³-hybridized carbons (Fsp3) is 0.381. The second-order valence-corrected chi connectivity index (χ2v) is 6.87. The van der Waals surface area contributed by atoms with Crippen molar-refractivity contribution in [3.63, 3.8) is 0 Å². The van der Waals surface area contributed by atoms with Crippen LogP contribution < -0.4 is 16.0 Å². The highest BCUT2D eigenvalue weighted by molar-refractivity contribution is 14.0. The molecule has 172 valence electrons.